The Balaban J connectivity index is 1.56. The van der Waals surface area contributed by atoms with Gasteiger partial charge in [-0.15, -0.1) is 0 Å². The number of pyridine rings is 1. The van der Waals surface area contributed by atoms with Crippen LogP contribution in [0.4, 0.5) is 0 Å². The molecule has 156 valence electrons. The van der Waals surface area contributed by atoms with E-state index in [-0.39, 0.29) is 17.9 Å². The third kappa shape index (κ3) is 4.56. The largest absolute Gasteiger partial charge is 0.326 e. The molecule has 0 amide bonds. The molecule has 4 aromatic rings. The number of nitrogens with zero attached hydrogens (tertiary/aromatic N) is 3. The summed E-state index contributed by atoms with van der Waals surface area (Å²) in [6, 6.07) is 17.5. The lowest BCUT2D eigenvalue weighted by Crippen LogP contribution is -2.22. The Labute approximate surface area is 181 Å². The summed E-state index contributed by atoms with van der Waals surface area (Å²) >= 11 is 0. The lowest BCUT2D eigenvalue weighted by molar-refractivity contribution is 0.0970. The predicted molar refractivity (Wildman–Crippen MR) is 122 cm³/mol. The van der Waals surface area contributed by atoms with E-state index in [0.29, 0.717) is 12.0 Å². The summed E-state index contributed by atoms with van der Waals surface area (Å²) in [5, 5.41) is 0. The van der Waals surface area contributed by atoms with Gasteiger partial charge in [-0.2, -0.15) is 0 Å². The van der Waals surface area contributed by atoms with E-state index in [4.69, 9.17) is 0 Å². The first kappa shape index (κ1) is 20.5. The summed E-state index contributed by atoms with van der Waals surface area (Å²) in [5.74, 6) is -0.103. The fourth-order valence-electron chi connectivity index (χ4n) is 3.63. The van der Waals surface area contributed by atoms with Crippen LogP contribution in [0.15, 0.2) is 78.1 Å². The summed E-state index contributed by atoms with van der Waals surface area (Å²) in [6.07, 6.45) is 5.89. The van der Waals surface area contributed by atoms with Crippen molar-refractivity contribution in [2.45, 2.75) is 33.7 Å². The summed E-state index contributed by atoms with van der Waals surface area (Å²) in [6.45, 7) is 6.07. The van der Waals surface area contributed by atoms with Gasteiger partial charge in [0.1, 0.15) is 0 Å². The van der Waals surface area contributed by atoms with Crippen molar-refractivity contribution >= 4 is 5.78 Å². The fraction of sp³-hybridized carbons (Fsp3) is 0.192. The standard InChI is InChI=1S/C26H25N3O2/c1-18-4-8-21(9-5-18)12-23-14-27-17-28(23)16-25(30)24-13-26(31)29(15-20(24)3)22-10-6-19(2)7-11-22/h4-11,13-15,17H,12,16H2,1-3H3. The number of ketones is 1. The van der Waals surface area contributed by atoms with Crippen molar-refractivity contribution in [1.82, 2.24) is 14.1 Å². The number of hydrogen-bond acceptors (Lipinski definition) is 3. The summed E-state index contributed by atoms with van der Waals surface area (Å²) in [4.78, 5) is 30.0. The Morgan fingerprint density at radius 1 is 0.935 bits per heavy atom. The number of carbonyl (C=O) groups excluding carboxylic acids is 1. The van der Waals surface area contributed by atoms with Gasteiger partial charge in [0, 0.05) is 41.8 Å². The van der Waals surface area contributed by atoms with Gasteiger partial charge in [0.25, 0.3) is 5.56 Å². The van der Waals surface area contributed by atoms with E-state index in [2.05, 4.69) is 36.2 Å². The van der Waals surface area contributed by atoms with Crippen molar-refractivity contribution in [3.05, 3.63) is 117 Å². The number of Topliss-reactive ketones (excluding diaryl/α,β-unsaturated/α-hetero) is 1. The van der Waals surface area contributed by atoms with Crippen LogP contribution in [0.2, 0.25) is 0 Å². The van der Waals surface area contributed by atoms with Gasteiger partial charge in [-0.1, -0.05) is 47.5 Å². The maximum Gasteiger partial charge on any atom is 0.255 e. The minimum Gasteiger partial charge on any atom is -0.326 e. The minimum absolute atomic E-state index is 0.103. The Bertz CT molecular complexity index is 1280. The molecule has 0 unspecified atom stereocenters. The van der Waals surface area contributed by atoms with Crippen molar-refractivity contribution in [2.24, 2.45) is 0 Å². The molecule has 0 saturated heterocycles. The van der Waals surface area contributed by atoms with E-state index in [9.17, 15) is 9.59 Å². The number of aryl methyl sites for hydroxylation is 3. The zero-order chi connectivity index (χ0) is 22.0. The second-order valence-corrected chi connectivity index (χ2v) is 8.01. The molecule has 0 saturated carbocycles. The van der Waals surface area contributed by atoms with Gasteiger partial charge in [-0.25, -0.2) is 4.98 Å². The van der Waals surface area contributed by atoms with Crippen molar-refractivity contribution in [3.63, 3.8) is 0 Å². The van der Waals surface area contributed by atoms with E-state index in [1.807, 2.05) is 42.7 Å². The molecule has 0 aliphatic rings. The summed E-state index contributed by atoms with van der Waals surface area (Å²) in [5.41, 5.74) is 6.25. The van der Waals surface area contributed by atoms with Crippen LogP contribution in [0.3, 0.4) is 0 Å². The van der Waals surface area contributed by atoms with Crippen LogP contribution in [0.5, 0.6) is 0 Å². The highest BCUT2D eigenvalue weighted by molar-refractivity contribution is 5.97. The fourth-order valence-corrected chi connectivity index (χ4v) is 3.63. The molecule has 0 spiro atoms. The molecule has 0 N–H and O–H groups in total. The smallest absolute Gasteiger partial charge is 0.255 e. The first-order valence-electron chi connectivity index (χ1n) is 10.3. The minimum atomic E-state index is -0.219. The normalized spacial score (nSPS) is 10.9. The quantitative estimate of drug-likeness (QED) is 0.441. The molecule has 0 radical (unpaired) electrons. The van der Waals surface area contributed by atoms with Crippen molar-refractivity contribution in [3.8, 4) is 5.69 Å². The Morgan fingerprint density at radius 2 is 1.58 bits per heavy atom. The monoisotopic (exact) mass is 411 g/mol. The summed E-state index contributed by atoms with van der Waals surface area (Å²) < 4.78 is 3.43. The lowest BCUT2D eigenvalue weighted by Gasteiger charge is -2.12. The van der Waals surface area contributed by atoms with E-state index in [1.54, 1.807) is 23.3 Å². The van der Waals surface area contributed by atoms with Gasteiger partial charge < -0.3 is 4.57 Å². The van der Waals surface area contributed by atoms with Crippen molar-refractivity contribution in [2.75, 3.05) is 0 Å². The Hall–Kier alpha value is -3.73. The number of imidazole rings is 1. The van der Waals surface area contributed by atoms with Crippen LogP contribution in [0.25, 0.3) is 5.69 Å². The highest BCUT2D eigenvalue weighted by atomic mass is 16.1. The highest BCUT2D eigenvalue weighted by Crippen LogP contribution is 2.14. The lowest BCUT2D eigenvalue weighted by atomic mass is 10.1. The highest BCUT2D eigenvalue weighted by Gasteiger charge is 2.15. The number of aromatic nitrogens is 3. The zero-order valence-electron chi connectivity index (χ0n) is 18.0. The van der Waals surface area contributed by atoms with Crippen LogP contribution in [0, 0.1) is 20.8 Å². The first-order chi connectivity index (χ1) is 14.9. The number of benzene rings is 2. The molecule has 31 heavy (non-hydrogen) atoms. The van der Waals surface area contributed by atoms with Crippen LogP contribution in [-0.2, 0) is 13.0 Å². The maximum absolute atomic E-state index is 13.0. The number of hydrogen-bond donors (Lipinski definition) is 0. The Kier molecular flexibility index (Phi) is 5.67. The first-order valence-corrected chi connectivity index (χ1v) is 10.3. The number of rotatable bonds is 6. The molecular weight excluding hydrogens is 386 g/mol. The second kappa shape index (κ2) is 8.56. The van der Waals surface area contributed by atoms with Gasteiger partial charge in [0.05, 0.1) is 12.9 Å². The van der Waals surface area contributed by atoms with Crippen molar-refractivity contribution in [1.29, 1.82) is 0 Å². The average molecular weight is 412 g/mol. The molecular formula is C26H25N3O2. The zero-order valence-corrected chi connectivity index (χ0v) is 18.0. The molecule has 0 aliphatic heterocycles. The van der Waals surface area contributed by atoms with Gasteiger partial charge in [-0.3, -0.25) is 14.2 Å². The molecule has 0 aliphatic carbocycles. The third-order valence-corrected chi connectivity index (χ3v) is 5.48. The molecule has 5 heteroatoms. The molecule has 0 atom stereocenters. The van der Waals surface area contributed by atoms with Crippen LogP contribution < -0.4 is 5.56 Å². The van der Waals surface area contributed by atoms with E-state index < -0.39 is 0 Å². The SMILES string of the molecule is Cc1ccc(Cc2cncn2CC(=O)c2cc(=O)n(-c3ccc(C)cc3)cc2C)cc1. The third-order valence-electron chi connectivity index (χ3n) is 5.48. The number of carbonyl (C=O) groups is 1. The van der Waals surface area contributed by atoms with E-state index >= 15 is 0 Å². The predicted octanol–water partition coefficient (Wildman–Crippen LogP) is 4.43. The molecule has 0 bridgehead atoms. The Morgan fingerprint density at radius 3 is 2.26 bits per heavy atom. The van der Waals surface area contributed by atoms with E-state index in [1.165, 1.54) is 11.6 Å². The maximum atomic E-state index is 13.0. The van der Waals surface area contributed by atoms with Crippen LogP contribution in [-0.4, -0.2) is 19.9 Å². The topological polar surface area (TPSA) is 56.9 Å². The van der Waals surface area contributed by atoms with Gasteiger partial charge in [-0.05, 0) is 44.0 Å². The molecule has 2 aromatic carbocycles. The van der Waals surface area contributed by atoms with Crippen LogP contribution >= 0.6 is 0 Å². The van der Waals surface area contributed by atoms with E-state index in [0.717, 1.165) is 28.1 Å². The van der Waals surface area contributed by atoms with Gasteiger partial charge >= 0.3 is 0 Å². The molecule has 4 rings (SSSR count). The average Bonchev–Trinajstić information content (AvgIpc) is 3.18. The van der Waals surface area contributed by atoms with Crippen LogP contribution in [0.1, 0.15) is 38.3 Å². The van der Waals surface area contributed by atoms with Gasteiger partial charge in [0.15, 0.2) is 5.78 Å². The molecule has 0 fully saturated rings. The molecule has 5 nitrogen and oxygen atoms in total. The molecule has 2 heterocycles. The van der Waals surface area contributed by atoms with Gasteiger partial charge in [0.2, 0.25) is 0 Å². The summed E-state index contributed by atoms with van der Waals surface area (Å²) in [7, 11) is 0. The second-order valence-electron chi connectivity index (χ2n) is 8.01. The van der Waals surface area contributed by atoms with Crippen molar-refractivity contribution < 1.29 is 4.79 Å². The molecule has 2 aromatic heterocycles.